The predicted octanol–water partition coefficient (Wildman–Crippen LogP) is 4.98. The molecule has 0 radical (unpaired) electrons. The van der Waals surface area contributed by atoms with Crippen LogP contribution in [0.5, 0.6) is 5.75 Å². The molecule has 0 N–H and O–H groups in total. The zero-order valence-electron chi connectivity index (χ0n) is 23.6. The van der Waals surface area contributed by atoms with Crippen LogP contribution in [0.3, 0.4) is 0 Å². The Morgan fingerprint density at radius 1 is 1.05 bits per heavy atom. The average molecular weight is 574 g/mol. The lowest BCUT2D eigenvalue weighted by Crippen LogP contribution is -2.63. The Balaban J connectivity index is 1.46. The van der Waals surface area contributed by atoms with Gasteiger partial charge in [0.1, 0.15) is 12.2 Å². The molecule has 1 unspecified atom stereocenters. The van der Waals surface area contributed by atoms with Crippen LogP contribution in [0, 0.1) is 17.6 Å². The highest BCUT2D eigenvalue weighted by Gasteiger charge is 2.56. The Kier molecular flexibility index (Phi) is 6.65. The van der Waals surface area contributed by atoms with Gasteiger partial charge in [-0.1, -0.05) is 43.7 Å². The first-order chi connectivity index (χ1) is 20.4. The third-order valence-corrected chi connectivity index (χ3v) is 9.13. The molecule has 4 aliphatic rings. The van der Waals surface area contributed by atoms with Gasteiger partial charge in [0, 0.05) is 37.6 Å². The number of fused-ring (bicyclic) bond motifs is 6. The number of halogens is 2. The molecular formula is C33H33F2N3O4. The molecule has 7 rings (SSSR count). The van der Waals surface area contributed by atoms with Crippen molar-refractivity contribution in [3.63, 3.8) is 0 Å². The minimum absolute atomic E-state index is 0.0225. The minimum Gasteiger partial charge on any atom is -0.487 e. The van der Waals surface area contributed by atoms with E-state index < -0.39 is 17.2 Å². The summed E-state index contributed by atoms with van der Waals surface area (Å²) in [5.41, 5.74) is 2.52. The van der Waals surface area contributed by atoms with E-state index in [4.69, 9.17) is 9.47 Å². The fraction of sp³-hybridized carbons (Fsp3) is 0.394. The molecule has 1 amide bonds. The number of amides is 1. The Hall–Kier alpha value is -3.98. The molecule has 42 heavy (non-hydrogen) atoms. The van der Waals surface area contributed by atoms with Crippen molar-refractivity contribution in [2.45, 2.75) is 44.6 Å². The summed E-state index contributed by atoms with van der Waals surface area (Å²) in [5.74, 6) is -1.81. The number of pyridine rings is 1. The lowest BCUT2D eigenvalue weighted by Gasteiger charge is -2.50. The second-order valence-corrected chi connectivity index (χ2v) is 11.6. The molecule has 0 bridgehead atoms. The average Bonchev–Trinajstić information content (AvgIpc) is 3.50. The molecule has 0 saturated carbocycles. The van der Waals surface area contributed by atoms with Crippen LogP contribution < -0.4 is 15.2 Å². The van der Waals surface area contributed by atoms with Gasteiger partial charge in [-0.05, 0) is 66.0 Å². The van der Waals surface area contributed by atoms with Crippen molar-refractivity contribution < 1.29 is 23.0 Å². The molecule has 3 aromatic rings. The summed E-state index contributed by atoms with van der Waals surface area (Å²) >= 11 is 0. The quantitative estimate of drug-likeness (QED) is 0.373. The number of hydrogen-bond donors (Lipinski definition) is 0. The van der Waals surface area contributed by atoms with Gasteiger partial charge in [-0.3, -0.25) is 19.3 Å². The van der Waals surface area contributed by atoms with Crippen LogP contribution in [0.1, 0.15) is 65.3 Å². The van der Waals surface area contributed by atoms with Gasteiger partial charge < -0.3 is 14.4 Å². The molecule has 0 spiro atoms. The van der Waals surface area contributed by atoms with Gasteiger partial charge in [0.15, 0.2) is 23.1 Å². The minimum atomic E-state index is -1.01. The topological polar surface area (TPSA) is 64.0 Å². The summed E-state index contributed by atoms with van der Waals surface area (Å²) in [6, 6.07) is 12.2. The summed E-state index contributed by atoms with van der Waals surface area (Å²) in [6.45, 7) is 4.29. The first kappa shape index (κ1) is 26.9. The summed E-state index contributed by atoms with van der Waals surface area (Å²) in [7, 11) is 0. The number of ether oxygens (including phenoxy) is 2. The van der Waals surface area contributed by atoms with Crippen molar-refractivity contribution in [1.29, 1.82) is 0 Å². The van der Waals surface area contributed by atoms with E-state index in [2.05, 4.69) is 6.07 Å². The molecule has 218 valence electrons. The van der Waals surface area contributed by atoms with Crippen LogP contribution in [0.15, 0.2) is 59.0 Å². The van der Waals surface area contributed by atoms with E-state index in [1.807, 2.05) is 30.1 Å². The largest absolute Gasteiger partial charge is 0.487 e. The second kappa shape index (κ2) is 10.4. The molecule has 7 nitrogen and oxygen atoms in total. The molecule has 9 heteroatoms. The van der Waals surface area contributed by atoms with Gasteiger partial charge in [-0.2, -0.15) is 0 Å². The third kappa shape index (κ3) is 3.93. The summed E-state index contributed by atoms with van der Waals surface area (Å²) in [4.78, 5) is 29.2. The van der Waals surface area contributed by atoms with E-state index in [1.54, 1.807) is 27.9 Å². The summed E-state index contributed by atoms with van der Waals surface area (Å²) in [6.07, 6.45) is 7.19. The number of hydrogen-bond acceptors (Lipinski definition) is 5. The van der Waals surface area contributed by atoms with Crippen LogP contribution >= 0.6 is 0 Å². The van der Waals surface area contributed by atoms with Crippen LogP contribution in [-0.4, -0.2) is 48.5 Å². The van der Waals surface area contributed by atoms with Gasteiger partial charge >= 0.3 is 0 Å². The third-order valence-electron chi connectivity index (χ3n) is 9.13. The fourth-order valence-electron chi connectivity index (χ4n) is 7.10. The van der Waals surface area contributed by atoms with E-state index in [0.29, 0.717) is 38.3 Å². The summed E-state index contributed by atoms with van der Waals surface area (Å²) < 4.78 is 43.2. The molecule has 1 fully saturated rings. The Morgan fingerprint density at radius 2 is 1.86 bits per heavy atom. The lowest BCUT2D eigenvalue weighted by molar-refractivity contribution is 0.0398. The van der Waals surface area contributed by atoms with E-state index in [1.165, 1.54) is 12.1 Å². The maximum atomic E-state index is 15.4. The van der Waals surface area contributed by atoms with E-state index in [0.717, 1.165) is 42.4 Å². The highest BCUT2D eigenvalue weighted by molar-refractivity contribution is 5.96. The Bertz CT molecular complexity index is 1660. The maximum absolute atomic E-state index is 15.4. The van der Waals surface area contributed by atoms with Gasteiger partial charge in [0.2, 0.25) is 5.43 Å². The highest BCUT2D eigenvalue weighted by Crippen LogP contribution is 2.56. The molecule has 2 aliphatic heterocycles. The first-order valence-electron chi connectivity index (χ1n) is 14.8. The number of benzene rings is 2. The SMILES string of the molecule is CCCCOc1c2n(ccc1=O)N(C13C(=Cc4c1ccc(F)c4F)Cc1ccccc13)CN(CC1CCOCC1)C2=O. The number of carbonyl (C=O) groups is 1. The van der Waals surface area contributed by atoms with Crippen LogP contribution in [-0.2, 0) is 16.7 Å². The predicted molar refractivity (Wildman–Crippen MR) is 154 cm³/mol. The van der Waals surface area contributed by atoms with Crippen molar-refractivity contribution in [1.82, 2.24) is 9.58 Å². The van der Waals surface area contributed by atoms with E-state index in [-0.39, 0.29) is 40.9 Å². The monoisotopic (exact) mass is 573 g/mol. The zero-order valence-corrected chi connectivity index (χ0v) is 23.6. The number of rotatable bonds is 7. The van der Waals surface area contributed by atoms with Gasteiger partial charge in [0.25, 0.3) is 5.91 Å². The zero-order chi connectivity index (χ0) is 29.0. The molecule has 1 saturated heterocycles. The van der Waals surface area contributed by atoms with Crippen molar-refractivity contribution >= 4 is 12.0 Å². The van der Waals surface area contributed by atoms with Crippen molar-refractivity contribution in [3.05, 3.63) is 104 Å². The highest BCUT2D eigenvalue weighted by atomic mass is 19.2. The number of nitrogens with zero attached hydrogens (tertiary/aromatic N) is 3. The van der Waals surface area contributed by atoms with Crippen LogP contribution in [0.2, 0.25) is 0 Å². The summed E-state index contributed by atoms with van der Waals surface area (Å²) in [5, 5.41) is 2.04. The molecule has 1 aromatic heterocycles. The lowest BCUT2D eigenvalue weighted by atomic mass is 9.83. The molecule has 2 aliphatic carbocycles. The first-order valence-corrected chi connectivity index (χ1v) is 14.8. The molecule has 2 aromatic carbocycles. The fourth-order valence-corrected chi connectivity index (χ4v) is 7.10. The van der Waals surface area contributed by atoms with Crippen molar-refractivity contribution in [2.24, 2.45) is 5.92 Å². The van der Waals surface area contributed by atoms with Crippen molar-refractivity contribution in [3.8, 4) is 5.75 Å². The van der Waals surface area contributed by atoms with E-state index >= 15 is 4.39 Å². The van der Waals surface area contributed by atoms with Gasteiger partial charge in [-0.25, -0.2) is 8.78 Å². The van der Waals surface area contributed by atoms with Crippen LogP contribution in [0.4, 0.5) is 8.78 Å². The maximum Gasteiger partial charge on any atom is 0.277 e. The number of unbranched alkanes of at least 4 members (excludes halogenated alkanes) is 1. The molecular weight excluding hydrogens is 540 g/mol. The normalized spacial score (nSPS) is 21.1. The van der Waals surface area contributed by atoms with Crippen molar-refractivity contribution in [2.75, 3.05) is 38.0 Å². The smallest absolute Gasteiger partial charge is 0.277 e. The number of aromatic nitrogens is 1. The van der Waals surface area contributed by atoms with Gasteiger partial charge in [0.05, 0.1) is 6.61 Å². The van der Waals surface area contributed by atoms with Crippen LogP contribution in [0.25, 0.3) is 6.08 Å². The molecule has 1 atom stereocenters. The second-order valence-electron chi connectivity index (χ2n) is 11.6. The number of carbonyl (C=O) groups excluding carboxylic acids is 1. The molecule has 3 heterocycles. The van der Waals surface area contributed by atoms with Gasteiger partial charge in [-0.15, -0.1) is 0 Å². The Labute approximate surface area is 242 Å². The Morgan fingerprint density at radius 3 is 2.67 bits per heavy atom. The van der Waals surface area contributed by atoms with E-state index in [9.17, 15) is 14.0 Å². The standard InChI is InChI=1S/C33H33F2N3O4/c1-2-3-14-42-31-28(39)10-13-37-30(31)32(40)36(19-21-11-15-41-16-12-21)20-38(37)33-23(17-22-6-4-5-7-25(22)33)18-24-26(33)8-9-27(34)29(24)35/h4-10,13,18,21H,2-3,11-12,14-17,19-20H2,1H3.